The van der Waals surface area contributed by atoms with Gasteiger partial charge in [0, 0.05) is 37.5 Å². The minimum atomic E-state index is -2.84. The molecule has 0 atom stereocenters. The molecule has 2 rings (SSSR count). The lowest BCUT2D eigenvalue weighted by molar-refractivity contribution is -0.0504. The molecule has 9 heteroatoms. The van der Waals surface area contributed by atoms with Crippen LogP contribution in [0.25, 0.3) is 0 Å². The summed E-state index contributed by atoms with van der Waals surface area (Å²) in [4.78, 5) is 8.51. The smallest absolute Gasteiger partial charge is 0.387 e. The minimum Gasteiger partial charge on any atom is -0.434 e. The van der Waals surface area contributed by atoms with E-state index >= 15 is 0 Å². The molecule has 0 spiro atoms. The van der Waals surface area contributed by atoms with Crippen molar-refractivity contribution in [1.29, 1.82) is 0 Å². The number of nitrogens with zero attached hydrogens (tertiary/aromatic N) is 2. The van der Waals surface area contributed by atoms with Crippen LogP contribution in [0.3, 0.4) is 0 Å². The van der Waals surface area contributed by atoms with Crippen LogP contribution in [0, 0.1) is 6.92 Å². The third-order valence-electron chi connectivity index (χ3n) is 3.20. The molecular weight excluding hydrogens is 461 g/mol. The molecule has 0 unspecified atom stereocenters. The first-order valence-electron chi connectivity index (χ1n) is 7.46. The van der Waals surface area contributed by atoms with E-state index in [0.717, 1.165) is 17.1 Å². The normalized spacial score (nSPS) is 11.2. The number of ether oxygens (including phenoxy) is 1. The Hall–Kier alpha value is -1.49. The first-order valence-corrected chi connectivity index (χ1v) is 8.34. The number of aryl methyl sites for hydroxylation is 1. The number of alkyl halides is 2. The third-order valence-corrected chi connectivity index (χ3v) is 4.02. The van der Waals surface area contributed by atoms with Crippen molar-refractivity contribution < 1.29 is 13.5 Å². The zero-order valence-corrected chi connectivity index (χ0v) is 17.1. The molecular formula is C16H21F2IN4OS. The molecule has 2 N–H and O–H groups in total. The van der Waals surface area contributed by atoms with E-state index in [2.05, 4.69) is 25.3 Å². The van der Waals surface area contributed by atoms with Gasteiger partial charge in [-0.05, 0) is 13.0 Å². The van der Waals surface area contributed by atoms with Crippen LogP contribution in [0.4, 0.5) is 8.78 Å². The van der Waals surface area contributed by atoms with Gasteiger partial charge >= 0.3 is 6.61 Å². The van der Waals surface area contributed by atoms with Gasteiger partial charge in [0.1, 0.15) is 5.75 Å². The predicted molar refractivity (Wildman–Crippen MR) is 107 cm³/mol. The van der Waals surface area contributed by atoms with E-state index in [9.17, 15) is 8.78 Å². The Kier molecular flexibility index (Phi) is 9.65. The lowest BCUT2D eigenvalue weighted by atomic mass is 10.2. The second-order valence-corrected chi connectivity index (χ2v) is 6.01. The molecule has 0 saturated carbocycles. The number of thiazole rings is 1. The summed E-state index contributed by atoms with van der Waals surface area (Å²) in [5.74, 6) is 0.752. The largest absolute Gasteiger partial charge is 0.434 e. The van der Waals surface area contributed by atoms with E-state index in [1.165, 1.54) is 6.07 Å². The average Bonchev–Trinajstić information content (AvgIpc) is 2.97. The summed E-state index contributed by atoms with van der Waals surface area (Å²) in [6, 6.07) is 6.68. The molecule has 0 amide bonds. The highest BCUT2D eigenvalue weighted by Gasteiger charge is 2.09. The van der Waals surface area contributed by atoms with Crippen LogP contribution in [-0.2, 0) is 13.0 Å². The van der Waals surface area contributed by atoms with Crippen LogP contribution in [0.1, 0.15) is 16.3 Å². The zero-order chi connectivity index (χ0) is 17.4. The van der Waals surface area contributed by atoms with Crippen molar-refractivity contribution >= 4 is 41.3 Å². The van der Waals surface area contributed by atoms with Crippen molar-refractivity contribution in [3.05, 3.63) is 45.9 Å². The number of hydrogen-bond acceptors (Lipinski definition) is 4. The highest BCUT2D eigenvalue weighted by Crippen LogP contribution is 2.19. The van der Waals surface area contributed by atoms with Crippen molar-refractivity contribution in [2.75, 3.05) is 13.6 Å². The predicted octanol–water partition coefficient (Wildman–Crippen LogP) is 3.58. The first-order chi connectivity index (χ1) is 11.6. The van der Waals surface area contributed by atoms with Gasteiger partial charge < -0.3 is 15.4 Å². The Bertz CT molecular complexity index is 682. The molecule has 138 valence electrons. The Morgan fingerprint density at radius 1 is 1.32 bits per heavy atom. The fourth-order valence-corrected chi connectivity index (χ4v) is 2.74. The molecule has 0 fully saturated rings. The average molecular weight is 482 g/mol. The zero-order valence-electron chi connectivity index (χ0n) is 14.0. The lowest BCUT2D eigenvalue weighted by Crippen LogP contribution is -2.38. The molecule has 5 nitrogen and oxygen atoms in total. The Morgan fingerprint density at radius 3 is 2.72 bits per heavy atom. The van der Waals surface area contributed by atoms with E-state index in [0.29, 0.717) is 24.6 Å². The molecule has 0 saturated heterocycles. The van der Waals surface area contributed by atoms with Crippen LogP contribution >= 0.6 is 35.3 Å². The van der Waals surface area contributed by atoms with Gasteiger partial charge in [0.2, 0.25) is 0 Å². The van der Waals surface area contributed by atoms with Crippen molar-refractivity contribution in [3.63, 3.8) is 0 Å². The van der Waals surface area contributed by atoms with Crippen LogP contribution < -0.4 is 15.4 Å². The molecule has 0 aliphatic carbocycles. The number of rotatable bonds is 7. The van der Waals surface area contributed by atoms with Gasteiger partial charge in [-0.25, -0.2) is 4.98 Å². The topological polar surface area (TPSA) is 58.5 Å². The SMILES string of the molecule is CN=C(NCCc1csc(C)n1)NCc1ccccc1OC(F)F.I. The maximum Gasteiger partial charge on any atom is 0.387 e. The third kappa shape index (κ3) is 7.51. The van der Waals surface area contributed by atoms with Gasteiger partial charge in [-0.1, -0.05) is 18.2 Å². The number of aromatic nitrogens is 1. The summed E-state index contributed by atoms with van der Waals surface area (Å²) >= 11 is 1.62. The van der Waals surface area contributed by atoms with Gasteiger partial charge in [0.15, 0.2) is 5.96 Å². The maximum atomic E-state index is 12.4. The lowest BCUT2D eigenvalue weighted by Gasteiger charge is -2.14. The molecule has 0 bridgehead atoms. The summed E-state index contributed by atoms with van der Waals surface area (Å²) in [7, 11) is 1.66. The minimum absolute atomic E-state index is 0. The quantitative estimate of drug-likeness (QED) is 0.360. The second-order valence-electron chi connectivity index (χ2n) is 4.95. The first kappa shape index (κ1) is 21.6. The van der Waals surface area contributed by atoms with Crippen LogP contribution in [0.15, 0.2) is 34.6 Å². The Labute approximate surface area is 166 Å². The van der Waals surface area contributed by atoms with E-state index in [4.69, 9.17) is 0 Å². The van der Waals surface area contributed by atoms with Crippen molar-refractivity contribution in [3.8, 4) is 5.75 Å². The summed E-state index contributed by atoms with van der Waals surface area (Å²) in [6.45, 7) is 0.141. The molecule has 0 radical (unpaired) electrons. The fourth-order valence-electron chi connectivity index (χ4n) is 2.09. The second kappa shape index (κ2) is 11.2. The van der Waals surface area contributed by atoms with Crippen LogP contribution in [-0.4, -0.2) is 31.1 Å². The van der Waals surface area contributed by atoms with Crippen LogP contribution in [0.5, 0.6) is 5.75 Å². The highest BCUT2D eigenvalue weighted by atomic mass is 127. The van der Waals surface area contributed by atoms with Gasteiger partial charge in [0.25, 0.3) is 0 Å². The molecule has 25 heavy (non-hydrogen) atoms. The molecule has 1 aromatic heterocycles. The number of nitrogens with one attached hydrogen (secondary N) is 2. The van der Waals surface area contributed by atoms with Gasteiger partial charge in [0.05, 0.1) is 10.7 Å². The number of guanidine groups is 1. The number of hydrogen-bond donors (Lipinski definition) is 2. The molecule has 1 aromatic carbocycles. The summed E-state index contributed by atoms with van der Waals surface area (Å²) in [5, 5.41) is 9.34. The van der Waals surface area contributed by atoms with E-state index in [-0.39, 0.29) is 29.7 Å². The summed E-state index contributed by atoms with van der Waals surface area (Å²) < 4.78 is 29.3. The number of benzene rings is 1. The number of halogens is 3. The van der Waals surface area contributed by atoms with Gasteiger partial charge in [-0.15, -0.1) is 35.3 Å². The standard InChI is InChI=1S/C16H20F2N4OS.HI/c1-11-22-13(10-24-11)7-8-20-16(19-2)21-9-12-5-3-4-6-14(12)23-15(17)18;/h3-6,10,15H,7-9H2,1-2H3,(H2,19,20,21);1H. The van der Waals surface area contributed by atoms with Crippen LogP contribution in [0.2, 0.25) is 0 Å². The van der Waals surface area contributed by atoms with E-state index < -0.39 is 6.61 Å². The van der Waals surface area contributed by atoms with Gasteiger partial charge in [-0.3, -0.25) is 4.99 Å². The molecule has 0 aliphatic rings. The number of aliphatic imine (C=N–C) groups is 1. The monoisotopic (exact) mass is 482 g/mol. The Morgan fingerprint density at radius 2 is 2.08 bits per heavy atom. The van der Waals surface area contributed by atoms with Crippen molar-refractivity contribution in [1.82, 2.24) is 15.6 Å². The molecule has 0 aliphatic heterocycles. The van der Waals surface area contributed by atoms with E-state index in [1.807, 2.05) is 12.3 Å². The molecule has 2 aromatic rings. The van der Waals surface area contributed by atoms with Crippen molar-refractivity contribution in [2.45, 2.75) is 26.5 Å². The number of para-hydroxylation sites is 1. The molecule has 1 heterocycles. The highest BCUT2D eigenvalue weighted by molar-refractivity contribution is 14.0. The fraction of sp³-hybridized carbons (Fsp3) is 0.375. The van der Waals surface area contributed by atoms with Gasteiger partial charge in [-0.2, -0.15) is 8.78 Å². The Balaban J connectivity index is 0.00000312. The summed E-state index contributed by atoms with van der Waals surface area (Å²) in [6.07, 6.45) is 0.788. The summed E-state index contributed by atoms with van der Waals surface area (Å²) in [5.41, 5.74) is 1.67. The maximum absolute atomic E-state index is 12.4. The van der Waals surface area contributed by atoms with E-state index in [1.54, 1.807) is 36.6 Å². The van der Waals surface area contributed by atoms with Crippen molar-refractivity contribution in [2.24, 2.45) is 4.99 Å².